The summed E-state index contributed by atoms with van der Waals surface area (Å²) in [4.78, 5) is 29.2. The quantitative estimate of drug-likeness (QED) is 0.173. The van der Waals surface area contributed by atoms with Crippen molar-refractivity contribution in [3.63, 3.8) is 0 Å². The minimum Gasteiger partial charge on any atom is -0.455 e. The van der Waals surface area contributed by atoms with Gasteiger partial charge in [0.05, 0.1) is 6.04 Å². The molecule has 0 radical (unpaired) electrons. The number of esters is 1. The van der Waals surface area contributed by atoms with Crippen LogP contribution in [0.15, 0.2) is 72.8 Å². The van der Waals surface area contributed by atoms with Gasteiger partial charge in [-0.1, -0.05) is 87.5 Å². The van der Waals surface area contributed by atoms with Crippen LogP contribution < -0.4 is 15.7 Å². The zero-order valence-electron chi connectivity index (χ0n) is 25.8. The van der Waals surface area contributed by atoms with Gasteiger partial charge in [-0.15, -0.1) is 0 Å². The maximum Gasteiger partial charge on any atom is 0.433 e. The second-order valence-corrected chi connectivity index (χ2v) is 17.2. The lowest BCUT2D eigenvalue weighted by Gasteiger charge is -2.43. The molecule has 4 rings (SSSR count). The summed E-state index contributed by atoms with van der Waals surface area (Å²) in [5.41, 5.74) is -2.39. The number of amides is 1. The van der Waals surface area contributed by atoms with E-state index in [1.54, 1.807) is 20.8 Å². The largest absolute Gasteiger partial charge is 0.455 e. The molecule has 1 aliphatic rings. The Labute approximate surface area is 257 Å². The molecule has 1 N–H and O–H groups in total. The topological polar surface area (TPSA) is 86.8 Å². The van der Waals surface area contributed by atoms with E-state index in [2.05, 4.69) is 55.3 Å². The summed E-state index contributed by atoms with van der Waals surface area (Å²) < 4.78 is 58.1. The SMILES string of the molecule is CC(C)(C)OC(=O)N[C@H]1c2ccc(C(F)(F)F)nc2C(=O)O[C@H]1CCCO[Si](c1ccccc1)(c1ccccc1)C(C)(C)C. The zero-order valence-corrected chi connectivity index (χ0v) is 26.8. The van der Waals surface area contributed by atoms with Crippen LogP contribution in [0.5, 0.6) is 0 Å². The molecule has 1 aliphatic heterocycles. The number of carbonyl (C=O) groups is 2. The normalized spacial score (nSPS) is 17.4. The number of alkyl halides is 3. The number of pyridine rings is 1. The van der Waals surface area contributed by atoms with Gasteiger partial charge in [-0.2, -0.15) is 13.2 Å². The van der Waals surface area contributed by atoms with Gasteiger partial charge in [0, 0.05) is 12.2 Å². The number of cyclic esters (lactones) is 1. The van der Waals surface area contributed by atoms with Crippen LogP contribution in [0.4, 0.5) is 18.0 Å². The molecule has 11 heteroatoms. The molecular weight excluding hydrogens is 589 g/mol. The Balaban J connectivity index is 1.61. The van der Waals surface area contributed by atoms with Crippen LogP contribution in [0.3, 0.4) is 0 Å². The second kappa shape index (κ2) is 12.7. The highest BCUT2D eigenvalue weighted by atomic mass is 28.4. The number of benzene rings is 2. The van der Waals surface area contributed by atoms with Crippen LogP contribution >= 0.6 is 0 Å². The van der Waals surface area contributed by atoms with Gasteiger partial charge in [-0.25, -0.2) is 14.6 Å². The van der Waals surface area contributed by atoms with Crippen molar-refractivity contribution in [2.75, 3.05) is 6.61 Å². The van der Waals surface area contributed by atoms with E-state index in [-0.39, 0.29) is 17.0 Å². The first-order valence-electron chi connectivity index (χ1n) is 14.6. The predicted octanol–water partition coefficient (Wildman–Crippen LogP) is 6.56. The first kappa shape index (κ1) is 33.2. The van der Waals surface area contributed by atoms with Crippen molar-refractivity contribution >= 4 is 30.8 Å². The lowest BCUT2D eigenvalue weighted by atomic mass is 9.93. The molecule has 2 heterocycles. The van der Waals surface area contributed by atoms with Gasteiger partial charge < -0.3 is 19.2 Å². The van der Waals surface area contributed by atoms with E-state index < -0.39 is 55.7 Å². The molecule has 0 bridgehead atoms. The third-order valence-corrected chi connectivity index (χ3v) is 12.5. The summed E-state index contributed by atoms with van der Waals surface area (Å²) >= 11 is 0. The van der Waals surface area contributed by atoms with Crippen LogP contribution in [-0.4, -0.2) is 43.7 Å². The maximum absolute atomic E-state index is 13.4. The minimum absolute atomic E-state index is 0.137. The molecule has 1 amide bonds. The van der Waals surface area contributed by atoms with E-state index in [0.29, 0.717) is 13.0 Å². The summed E-state index contributed by atoms with van der Waals surface area (Å²) in [7, 11) is -2.82. The van der Waals surface area contributed by atoms with Crippen molar-refractivity contribution in [3.05, 3.63) is 89.7 Å². The van der Waals surface area contributed by atoms with Crippen LogP contribution in [0.2, 0.25) is 5.04 Å². The van der Waals surface area contributed by atoms with Gasteiger partial charge in [-0.3, -0.25) is 0 Å². The van der Waals surface area contributed by atoms with Gasteiger partial charge >= 0.3 is 18.2 Å². The average Bonchev–Trinajstić information content (AvgIpc) is 2.93. The number of nitrogens with one attached hydrogen (secondary N) is 1. The van der Waals surface area contributed by atoms with Gasteiger partial charge in [0.15, 0.2) is 5.69 Å². The van der Waals surface area contributed by atoms with Crippen LogP contribution in [0.25, 0.3) is 0 Å². The first-order valence-corrected chi connectivity index (χ1v) is 16.5. The van der Waals surface area contributed by atoms with Crippen molar-refractivity contribution in [1.29, 1.82) is 0 Å². The van der Waals surface area contributed by atoms with E-state index in [1.807, 2.05) is 36.4 Å². The van der Waals surface area contributed by atoms with Crippen LogP contribution in [-0.2, 0) is 20.1 Å². The molecule has 1 aromatic heterocycles. The Morgan fingerprint density at radius 2 is 1.48 bits per heavy atom. The number of aromatic nitrogens is 1. The standard InChI is InChI=1S/C33H39F3N2O5Si/c1-31(2,3)43-30(40)38-27-24-19-20-26(33(34,35)36)37-28(24)29(39)42-25(27)18-13-21-41-44(32(4,5)6,22-14-9-7-10-15-22)23-16-11-8-12-17-23/h7-12,14-17,19-20,25,27H,13,18,21H2,1-6H3,(H,38,40)/t25-,27-/m0/s1. The molecule has 236 valence electrons. The molecule has 0 spiro atoms. The number of rotatable bonds is 8. The van der Waals surface area contributed by atoms with Crippen LogP contribution in [0, 0.1) is 0 Å². The fourth-order valence-electron chi connectivity index (χ4n) is 5.61. The zero-order chi connectivity index (χ0) is 32.3. The Morgan fingerprint density at radius 1 is 0.909 bits per heavy atom. The highest BCUT2D eigenvalue weighted by Gasteiger charge is 2.50. The smallest absolute Gasteiger partial charge is 0.433 e. The Kier molecular flexibility index (Phi) is 9.60. The van der Waals surface area contributed by atoms with Gasteiger partial charge in [0.25, 0.3) is 8.32 Å². The molecule has 0 fully saturated rings. The molecular formula is C33H39F3N2O5Si. The molecule has 0 saturated carbocycles. The summed E-state index contributed by atoms with van der Waals surface area (Å²) in [6, 6.07) is 21.3. The molecule has 0 saturated heterocycles. The van der Waals surface area contributed by atoms with Gasteiger partial charge in [0.1, 0.15) is 17.4 Å². The van der Waals surface area contributed by atoms with Crippen molar-refractivity contribution in [3.8, 4) is 0 Å². The summed E-state index contributed by atoms with van der Waals surface area (Å²) in [6.07, 6.45) is -5.72. The Hall–Kier alpha value is -3.70. The summed E-state index contributed by atoms with van der Waals surface area (Å²) in [5, 5.41) is 4.70. The number of hydrogen-bond donors (Lipinski definition) is 1. The fraction of sp³-hybridized carbons (Fsp3) is 0.424. The number of carbonyl (C=O) groups excluding carboxylic acids is 2. The third-order valence-electron chi connectivity index (χ3n) is 7.42. The van der Waals surface area contributed by atoms with Crippen molar-refractivity contribution in [2.45, 2.75) is 83.3 Å². The maximum atomic E-state index is 13.4. The molecule has 7 nitrogen and oxygen atoms in total. The first-order chi connectivity index (χ1) is 20.5. The third kappa shape index (κ3) is 7.32. The predicted molar refractivity (Wildman–Crippen MR) is 163 cm³/mol. The van der Waals surface area contributed by atoms with Crippen LogP contribution in [0.1, 0.15) is 82.2 Å². The number of ether oxygens (including phenoxy) is 2. The number of hydrogen-bond acceptors (Lipinski definition) is 6. The average molecular weight is 629 g/mol. The Morgan fingerprint density at radius 3 is 1.98 bits per heavy atom. The monoisotopic (exact) mass is 628 g/mol. The lowest BCUT2D eigenvalue weighted by molar-refractivity contribution is -0.141. The van der Waals surface area contributed by atoms with E-state index in [9.17, 15) is 22.8 Å². The molecule has 44 heavy (non-hydrogen) atoms. The number of alkyl carbamates (subject to hydrolysis) is 1. The summed E-state index contributed by atoms with van der Waals surface area (Å²) in [6.45, 7) is 11.9. The molecule has 3 aromatic rings. The number of halogens is 3. The van der Waals surface area contributed by atoms with E-state index in [4.69, 9.17) is 13.9 Å². The van der Waals surface area contributed by atoms with E-state index in [0.717, 1.165) is 16.4 Å². The minimum atomic E-state index is -4.75. The molecule has 0 unspecified atom stereocenters. The Bertz CT molecular complexity index is 1410. The van der Waals surface area contributed by atoms with Crippen molar-refractivity contribution in [2.24, 2.45) is 0 Å². The van der Waals surface area contributed by atoms with Crippen molar-refractivity contribution < 1.29 is 36.7 Å². The lowest BCUT2D eigenvalue weighted by Crippen LogP contribution is -2.66. The van der Waals surface area contributed by atoms with Crippen molar-refractivity contribution in [1.82, 2.24) is 10.3 Å². The molecule has 2 aromatic carbocycles. The molecule has 0 aliphatic carbocycles. The fourth-order valence-corrected chi connectivity index (χ4v) is 10.2. The molecule has 2 atom stereocenters. The van der Waals surface area contributed by atoms with Gasteiger partial charge in [-0.05, 0) is 55.1 Å². The van der Waals surface area contributed by atoms with E-state index >= 15 is 0 Å². The highest BCUT2D eigenvalue weighted by molar-refractivity contribution is 6.99. The highest BCUT2D eigenvalue weighted by Crippen LogP contribution is 2.38. The number of fused-ring (bicyclic) bond motifs is 1. The summed E-state index contributed by atoms with van der Waals surface area (Å²) in [5.74, 6) is -0.980. The van der Waals surface area contributed by atoms with Gasteiger partial charge in [0.2, 0.25) is 0 Å². The van der Waals surface area contributed by atoms with E-state index in [1.165, 1.54) is 6.07 Å². The number of nitrogens with zero attached hydrogens (tertiary/aromatic N) is 1. The second-order valence-electron chi connectivity index (χ2n) is 12.9.